The molecule has 19 heavy (non-hydrogen) atoms. The minimum atomic E-state index is -0.288. The number of hydrogen-bond donors (Lipinski definition) is 1. The molecule has 1 heterocycles. The molecule has 0 aliphatic carbocycles. The molecular formula is C14H12FN3O. The summed E-state index contributed by atoms with van der Waals surface area (Å²) in [5, 5.41) is 0. The molecule has 0 saturated carbocycles. The summed E-state index contributed by atoms with van der Waals surface area (Å²) in [6, 6.07) is 11.7. The average molecular weight is 257 g/mol. The molecular weight excluding hydrogens is 245 g/mol. The van der Waals surface area contributed by atoms with Crippen molar-refractivity contribution in [3.05, 3.63) is 48.3 Å². The molecule has 0 saturated heterocycles. The number of benzene rings is 2. The lowest BCUT2D eigenvalue weighted by Crippen LogP contribution is -2.00. The normalized spacial score (nSPS) is 10.8. The van der Waals surface area contributed by atoms with Gasteiger partial charge in [0.1, 0.15) is 17.1 Å². The lowest BCUT2D eigenvalue weighted by atomic mass is 10.2. The highest BCUT2D eigenvalue weighted by Gasteiger charge is 2.13. The zero-order valence-corrected chi connectivity index (χ0v) is 10.3. The number of hydrogen-bond acceptors (Lipinski definition) is 3. The van der Waals surface area contributed by atoms with Crippen LogP contribution < -0.4 is 10.5 Å². The Balaban J connectivity index is 2.29. The molecule has 2 N–H and O–H groups in total. The van der Waals surface area contributed by atoms with E-state index in [4.69, 9.17) is 10.5 Å². The molecule has 0 unspecified atom stereocenters. The minimum absolute atomic E-state index is 0.288. The van der Waals surface area contributed by atoms with Crippen LogP contribution >= 0.6 is 0 Å². The number of imidazole rings is 1. The van der Waals surface area contributed by atoms with Gasteiger partial charge in [0, 0.05) is 5.69 Å². The van der Waals surface area contributed by atoms with Crippen LogP contribution in [0.1, 0.15) is 0 Å². The van der Waals surface area contributed by atoms with Gasteiger partial charge in [-0.3, -0.25) is 4.57 Å². The Labute approximate surface area is 109 Å². The zero-order valence-electron chi connectivity index (χ0n) is 10.3. The van der Waals surface area contributed by atoms with Gasteiger partial charge in [-0.2, -0.15) is 0 Å². The topological polar surface area (TPSA) is 53.1 Å². The molecule has 2 aromatic carbocycles. The van der Waals surface area contributed by atoms with Crippen LogP contribution in [-0.4, -0.2) is 16.7 Å². The fourth-order valence-electron chi connectivity index (χ4n) is 2.12. The predicted octanol–water partition coefficient (Wildman–Crippen LogP) is 2.76. The van der Waals surface area contributed by atoms with E-state index in [0.717, 1.165) is 11.2 Å². The van der Waals surface area contributed by atoms with Crippen molar-refractivity contribution in [2.24, 2.45) is 0 Å². The van der Waals surface area contributed by atoms with E-state index >= 15 is 0 Å². The van der Waals surface area contributed by atoms with Gasteiger partial charge in [-0.15, -0.1) is 0 Å². The molecule has 0 atom stereocenters. The number of ether oxygens (including phenoxy) is 1. The summed E-state index contributed by atoms with van der Waals surface area (Å²) >= 11 is 0. The second-order valence-electron chi connectivity index (χ2n) is 4.11. The Bertz CT molecular complexity index is 734. The standard InChI is InChI=1S/C14H12FN3O/c1-19-12-4-2-3-11-13(12)17-14(16)18(11)10-7-5-9(15)6-8-10/h2-8H,1H3,(H2,16,17). The third kappa shape index (κ3) is 1.79. The van der Waals surface area contributed by atoms with Crippen LogP contribution in [0.15, 0.2) is 42.5 Å². The van der Waals surface area contributed by atoms with Crippen molar-refractivity contribution in [3.63, 3.8) is 0 Å². The number of nitrogens with two attached hydrogens (primary N) is 1. The molecule has 0 aliphatic rings. The van der Waals surface area contributed by atoms with E-state index in [0.29, 0.717) is 17.2 Å². The van der Waals surface area contributed by atoms with E-state index < -0.39 is 0 Å². The predicted molar refractivity (Wildman–Crippen MR) is 72.0 cm³/mol. The molecule has 0 fully saturated rings. The summed E-state index contributed by atoms with van der Waals surface area (Å²) in [7, 11) is 1.59. The molecule has 1 aromatic heterocycles. The van der Waals surface area contributed by atoms with E-state index in [9.17, 15) is 4.39 Å². The Hall–Kier alpha value is -2.56. The van der Waals surface area contributed by atoms with Crippen molar-refractivity contribution in [1.82, 2.24) is 9.55 Å². The van der Waals surface area contributed by atoms with Crippen molar-refractivity contribution in [3.8, 4) is 11.4 Å². The Kier molecular flexibility index (Phi) is 2.59. The van der Waals surface area contributed by atoms with Crippen molar-refractivity contribution in [2.45, 2.75) is 0 Å². The first kappa shape index (κ1) is 11.5. The summed E-state index contributed by atoms with van der Waals surface area (Å²) in [5.41, 5.74) is 8.22. The minimum Gasteiger partial charge on any atom is -0.494 e. The van der Waals surface area contributed by atoms with Crippen LogP contribution in [0.25, 0.3) is 16.7 Å². The monoisotopic (exact) mass is 257 g/mol. The number of nitrogens with zero attached hydrogens (tertiary/aromatic N) is 2. The second-order valence-corrected chi connectivity index (χ2v) is 4.11. The molecule has 0 spiro atoms. The van der Waals surface area contributed by atoms with E-state index in [1.807, 2.05) is 18.2 Å². The maximum Gasteiger partial charge on any atom is 0.206 e. The maximum absolute atomic E-state index is 13.0. The van der Waals surface area contributed by atoms with Gasteiger partial charge < -0.3 is 10.5 Å². The van der Waals surface area contributed by atoms with Gasteiger partial charge in [-0.05, 0) is 36.4 Å². The van der Waals surface area contributed by atoms with E-state index in [1.54, 1.807) is 23.8 Å². The van der Waals surface area contributed by atoms with Gasteiger partial charge in [-0.25, -0.2) is 9.37 Å². The molecule has 0 bridgehead atoms. The quantitative estimate of drug-likeness (QED) is 0.768. The first-order valence-corrected chi connectivity index (χ1v) is 5.77. The zero-order chi connectivity index (χ0) is 13.4. The van der Waals surface area contributed by atoms with Crippen LogP contribution in [0, 0.1) is 5.82 Å². The highest BCUT2D eigenvalue weighted by Crippen LogP contribution is 2.29. The van der Waals surface area contributed by atoms with E-state index in [-0.39, 0.29) is 5.82 Å². The molecule has 3 aromatic rings. The number of fused-ring (bicyclic) bond motifs is 1. The molecule has 0 radical (unpaired) electrons. The third-order valence-electron chi connectivity index (χ3n) is 2.98. The first-order chi connectivity index (χ1) is 9.20. The lowest BCUT2D eigenvalue weighted by Gasteiger charge is -2.06. The van der Waals surface area contributed by atoms with Gasteiger partial charge in [-0.1, -0.05) is 6.07 Å². The number of nitrogen functional groups attached to an aromatic ring is 1. The van der Waals surface area contributed by atoms with Crippen LogP contribution in [-0.2, 0) is 0 Å². The highest BCUT2D eigenvalue weighted by atomic mass is 19.1. The number of anilines is 1. The van der Waals surface area contributed by atoms with Crippen LogP contribution in [0.3, 0.4) is 0 Å². The van der Waals surface area contributed by atoms with Gasteiger partial charge in [0.15, 0.2) is 0 Å². The third-order valence-corrected chi connectivity index (χ3v) is 2.98. The highest BCUT2D eigenvalue weighted by molar-refractivity contribution is 5.86. The van der Waals surface area contributed by atoms with E-state index in [2.05, 4.69) is 4.98 Å². The molecule has 4 nitrogen and oxygen atoms in total. The lowest BCUT2D eigenvalue weighted by molar-refractivity contribution is 0.419. The van der Waals surface area contributed by atoms with Crippen LogP contribution in [0.4, 0.5) is 10.3 Å². The smallest absolute Gasteiger partial charge is 0.206 e. The number of rotatable bonds is 2. The van der Waals surface area contributed by atoms with E-state index in [1.165, 1.54) is 12.1 Å². The van der Waals surface area contributed by atoms with Crippen molar-refractivity contribution >= 4 is 17.0 Å². The number of para-hydroxylation sites is 1. The fourth-order valence-corrected chi connectivity index (χ4v) is 2.12. The largest absolute Gasteiger partial charge is 0.494 e. The van der Waals surface area contributed by atoms with Crippen LogP contribution in [0.5, 0.6) is 5.75 Å². The van der Waals surface area contributed by atoms with Gasteiger partial charge in [0.25, 0.3) is 0 Å². The Morgan fingerprint density at radius 3 is 2.58 bits per heavy atom. The average Bonchev–Trinajstić information content (AvgIpc) is 2.76. The summed E-state index contributed by atoms with van der Waals surface area (Å²) in [4.78, 5) is 4.30. The molecule has 3 rings (SSSR count). The Morgan fingerprint density at radius 2 is 1.89 bits per heavy atom. The number of halogens is 1. The van der Waals surface area contributed by atoms with Gasteiger partial charge in [0.05, 0.1) is 12.6 Å². The van der Waals surface area contributed by atoms with Crippen molar-refractivity contribution in [1.29, 1.82) is 0 Å². The summed E-state index contributed by atoms with van der Waals surface area (Å²) in [6.45, 7) is 0. The van der Waals surface area contributed by atoms with Crippen molar-refractivity contribution in [2.75, 3.05) is 12.8 Å². The van der Waals surface area contributed by atoms with Gasteiger partial charge in [0.2, 0.25) is 5.95 Å². The summed E-state index contributed by atoms with van der Waals surface area (Å²) < 4.78 is 20.0. The SMILES string of the molecule is COc1cccc2c1nc(N)n2-c1ccc(F)cc1. The maximum atomic E-state index is 13.0. The Morgan fingerprint density at radius 1 is 1.16 bits per heavy atom. The summed E-state index contributed by atoms with van der Waals surface area (Å²) in [5.74, 6) is 0.709. The van der Waals surface area contributed by atoms with Gasteiger partial charge >= 0.3 is 0 Å². The van der Waals surface area contributed by atoms with Crippen LogP contribution in [0.2, 0.25) is 0 Å². The molecule has 0 aliphatic heterocycles. The molecule has 5 heteroatoms. The van der Waals surface area contributed by atoms with Crippen molar-refractivity contribution < 1.29 is 9.13 Å². The second kappa shape index (κ2) is 4.28. The number of aromatic nitrogens is 2. The first-order valence-electron chi connectivity index (χ1n) is 5.77. The summed E-state index contributed by atoms with van der Waals surface area (Å²) in [6.07, 6.45) is 0. The molecule has 96 valence electrons. The molecule has 0 amide bonds. The fraction of sp³-hybridized carbons (Fsp3) is 0.0714. The number of methoxy groups -OCH3 is 1.